The maximum Gasteiger partial charge on any atom is 0.270 e. The van der Waals surface area contributed by atoms with Gasteiger partial charge in [0.1, 0.15) is 5.82 Å². The largest absolute Gasteiger partial charge is 0.347 e. The second-order valence-corrected chi connectivity index (χ2v) is 4.43. The zero-order valence-corrected chi connectivity index (χ0v) is 11.1. The number of hydrogen-bond acceptors (Lipinski definition) is 4. The minimum absolute atomic E-state index is 0.105. The van der Waals surface area contributed by atoms with E-state index in [1.807, 2.05) is 0 Å². The number of nitrogens with one attached hydrogen (secondary N) is 2. The Balaban J connectivity index is 2.20. The van der Waals surface area contributed by atoms with Crippen molar-refractivity contribution in [1.82, 2.24) is 15.3 Å². The van der Waals surface area contributed by atoms with Gasteiger partial charge < -0.3 is 10.3 Å². The molecule has 7 heteroatoms. The minimum Gasteiger partial charge on any atom is -0.347 e. The van der Waals surface area contributed by atoms with Gasteiger partial charge in [-0.1, -0.05) is 6.07 Å². The fraction of sp³-hybridized carbons (Fsp3) is 0.231. The van der Waals surface area contributed by atoms with Gasteiger partial charge >= 0.3 is 0 Å². The van der Waals surface area contributed by atoms with Gasteiger partial charge in [0, 0.05) is 30.1 Å². The molecule has 0 aliphatic heterocycles. The van der Waals surface area contributed by atoms with Gasteiger partial charge in [0.05, 0.1) is 11.0 Å². The van der Waals surface area contributed by atoms with Gasteiger partial charge in [-0.25, -0.2) is 4.98 Å². The third-order valence-electron chi connectivity index (χ3n) is 2.95. The van der Waals surface area contributed by atoms with Crippen LogP contribution in [0, 0.1) is 17.0 Å². The molecule has 0 aliphatic rings. The highest BCUT2D eigenvalue weighted by Gasteiger charge is 2.17. The number of carbonyl (C=O) groups excluding carboxylic acids is 1. The lowest BCUT2D eigenvalue weighted by molar-refractivity contribution is -0.384. The Bertz CT molecular complexity index is 637. The number of aromatic nitrogens is 2. The molecule has 0 aliphatic carbocycles. The van der Waals surface area contributed by atoms with Crippen molar-refractivity contribution in [1.29, 1.82) is 0 Å². The summed E-state index contributed by atoms with van der Waals surface area (Å²) in [6.45, 7) is 3.51. The lowest BCUT2D eigenvalue weighted by Gasteiger charge is -2.12. The van der Waals surface area contributed by atoms with Crippen molar-refractivity contribution >= 4 is 11.6 Å². The fourth-order valence-corrected chi connectivity index (χ4v) is 1.83. The van der Waals surface area contributed by atoms with Gasteiger partial charge in [-0.05, 0) is 19.4 Å². The number of carbonyl (C=O) groups is 1. The number of benzene rings is 1. The van der Waals surface area contributed by atoms with E-state index in [-0.39, 0.29) is 23.2 Å². The second-order valence-electron chi connectivity index (χ2n) is 4.43. The van der Waals surface area contributed by atoms with Crippen molar-refractivity contribution in [2.24, 2.45) is 0 Å². The van der Waals surface area contributed by atoms with Crippen molar-refractivity contribution in [2.75, 3.05) is 0 Å². The van der Waals surface area contributed by atoms with Crippen LogP contribution < -0.4 is 5.32 Å². The van der Waals surface area contributed by atoms with E-state index in [9.17, 15) is 14.9 Å². The molecule has 0 saturated heterocycles. The molecule has 0 fully saturated rings. The number of aromatic amines is 1. The molecule has 0 spiro atoms. The first-order valence-electron chi connectivity index (χ1n) is 6.04. The number of non-ortho nitro benzene ring substituents is 1. The summed E-state index contributed by atoms with van der Waals surface area (Å²) in [5, 5.41) is 13.5. The summed E-state index contributed by atoms with van der Waals surface area (Å²) in [5.74, 6) is 0.261. The molecular weight excluding hydrogens is 260 g/mol. The molecule has 1 aromatic carbocycles. The SMILES string of the molecule is Cc1ccc([N+](=O)[O-])cc1C(=O)NC(C)c1ncc[nH]1. The van der Waals surface area contributed by atoms with E-state index in [1.165, 1.54) is 12.1 Å². The highest BCUT2D eigenvalue weighted by Crippen LogP contribution is 2.18. The fourth-order valence-electron chi connectivity index (χ4n) is 1.83. The second kappa shape index (κ2) is 5.52. The normalized spacial score (nSPS) is 11.9. The maximum absolute atomic E-state index is 12.2. The third kappa shape index (κ3) is 2.82. The summed E-state index contributed by atoms with van der Waals surface area (Å²) in [5.41, 5.74) is 0.865. The summed E-state index contributed by atoms with van der Waals surface area (Å²) >= 11 is 0. The zero-order chi connectivity index (χ0) is 14.7. The average Bonchev–Trinajstić information content (AvgIpc) is 2.92. The third-order valence-corrected chi connectivity index (χ3v) is 2.95. The number of nitrogens with zero attached hydrogens (tertiary/aromatic N) is 2. The number of nitro benzene ring substituents is 1. The smallest absolute Gasteiger partial charge is 0.270 e. The number of amides is 1. The molecule has 0 radical (unpaired) electrons. The number of aryl methyl sites for hydroxylation is 1. The van der Waals surface area contributed by atoms with E-state index in [4.69, 9.17) is 0 Å². The average molecular weight is 274 g/mol. The lowest BCUT2D eigenvalue weighted by Crippen LogP contribution is -2.28. The predicted molar refractivity (Wildman–Crippen MR) is 72.3 cm³/mol. The molecule has 1 atom stereocenters. The Morgan fingerprint density at radius 1 is 1.50 bits per heavy atom. The lowest BCUT2D eigenvalue weighted by atomic mass is 10.1. The Labute approximate surface area is 115 Å². The summed E-state index contributed by atoms with van der Waals surface area (Å²) in [6, 6.07) is 3.91. The van der Waals surface area contributed by atoms with Crippen LogP contribution in [0.3, 0.4) is 0 Å². The molecule has 0 saturated carbocycles. The molecular formula is C13H14N4O3. The van der Waals surface area contributed by atoms with E-state index in [1.54, 1.807) is 32.3 Å². The van der Waals surface area contributed by atoms with Gasteiger partial charge in [-0.15, -0.1) is 0 Å². The van der Waals surface area contributed by atoms with Gasteiger partial charge in [-0.2, -0.15) is 0 Å². The standard InChI is InChI=1S/C13H14N4O3/c1-8-3-4-10(17(19)20)7-11(8)13(18)16-9(2)12-14-5-6-15-12/h3-7,9H,1-2H3,(H,14,15)(H,16,18). The van der Waals surface area contributed by atoms with Crippen molar-refractivity contribution < 1.29 is 9.72 Å². The van der Waals surface area contributed by atoms with Crippen LogP contribution in [0.15, 0.2) is 30.6 Å². The highest BCUT2D eigenvalue weighted by atomic mass is 16.6. The van der Waals surface area contributed by atoms with E-state index >= 15 is 0 Å². The molecule has 2 rings (SSSR count). The minimum atomic E-state index is -0.522. The molecule has 1 unspecified atom stereocenters. The van der Waals surface area contributed by atoms with Gasteiger partial charge in [0.15, 0.2) is 0 Å². The highest BCUT2D eigenvalue weighted by molar-refractivity contribution is 5.96. The van der Waals surface area contributed by atoms with Crippen LogP contribution >= 0.6 is 0 Å². The number of nitro groups is 1. The monoisotopic (exact) mass is 274 g/mol. The molecule has 1 aromatic heterocycles. The molecule has 7 nitrogen and oxygen atoms in total. The van der Waals surface area contributed by atoms with Crippen molar-refractivity contribution in [2.45, 2.75) is 19.9 Å². The van der Waals surface area contributed by atoms with Crippen molar-refractivity contribution in [3.8, 4) is 0 Å². The van der Waals surface area contributed by atoms with Crippen LogP contribution in [0.2, 0.25) is 0 Å². The molecule has 1 heterocycles. The Morgan fingerprint density at radius 2 is 2.25 bits per heavy atom. The summed E-state index contributed by atoms with van der Waals surface area (Å²) in [4.78, 5) is 29.4. The number of rotatable bonds is 4. The van der Waals surface area contributed by atoms with Crippen LogP contribution in [-0.2, 0) is 0 Å². The zero-order valence-electron chi connectivity index (χ0n) is 11.1. The van der Waals surface area contributed by atoms with E-state index in [0.29, 0.717) is 11.4 Å². The van der Waals surface area contributed by atoms with Gasteiger partial charge in [-0.3, -0.25) is 14.9 Å². The number of imidazole rings is 1. The van der Waals surface area contributed by atoms with Gasteiger partial charge in [0.2, 0.25) is 0 Å². The first-order chi connectivity index (χ1) is 9.49. The van der Waals surface area contributed by atoms with Crippen molar-refractivity contribution in [3.63, 3.8) is 0 Å². The van der Waals surface area contributed by atoms with E-state index in [0.717, 1.165) is 0 Å². The van der Waals surface area contributed by atoms with Crippen LogP contribution in [0.5, 0.6) is 0 Å². The van der Waals surface area contributed by atoms with Crippen LogP contribution in [0.4, 0.5) is 5.69 Å². The molecule has 104 valence electrons. The maximum atomic E-state index is 12.2. The summed E-state index contributed by atoms with van der Waals surface area (Å²) in [6.07, 6.45) is 3.26. The van der Waals surface area contributed by atoms with Gasteiger partial charge in [0.25, 0.3) is 11.6 Å². The first kappa shape index (κ1) is 13.7. The molecule has 2 aromatic rings. The Kier molecular flexibility index (Phi) is 3.79. The van der Waals surface area contributed by atoms with Crippen molar-refractivity contribution in [3.05, 3.63) is 57.7 Å². The molecule has 0 bridgehead atoms. The van der Waals surface area contributed by atoms with Crippen LogP contribution in [0.25, 0.3) is 0 Å². The topological polar surface area (TPSA) is 101 Å². The molecule has 1 amide bonds. The quantitative estimate of drug-likeness (QED) is 0.658. The Morgan fingerprint density at radius 3 is 2.85 bits per heavy atom. The Hall–Kier alpha value is -2.70. The first-order valence-corrected chi connectivity index (χ1v) is 6.04. The van der Waals surface area contributed by atoms with Crippen LogP contribution in [-0.4, -0.2) is 20.8 Å². The molecule has 2 N–H and O–H groups in total. The molecule has 20 heavy (non-hydrogen) atoms. The number of hydrogen-bond donors (Lipinski definition) is 2. The van der Waals surface area contributed by atoms with E-state index < -0.39 is 4.92 Å². The van der Waals surface area contributed by atoms with Crippen LogP contribution in [0.1, 0.15) is 34.7 Å². The van der Waals surface area contributed by atoms with E-state index in [2.05, 4.69) is 15.3 Å². The number of H-pyrrole nitrogens is 1. The summed E-state index contributed by atoms with van der Waals surface area (Å²) in [7, 11) is 0. The predicted octanol–water partition coefficient (Wildman–Crippen LogP) is 2.12. The summed E-state index contributed by atoms with van der Waals surface area (Å²) < 4.78 is 0.